The molecule has 0 saturated carbocycles. The Morgan fingerprint density at radius 2 is 1.52 bits per heavy atom. The minimum atomic E-state index is -0.935. The molecule has 1 atom stereocenters. The van der Waals surface area contributed by atoms with Crippen LogP contribution in [-0.4, -0.2) is 25.9 Å². The van der Waals surface area contributed by atoms with Gasteiger partial charge in [-0.2, -0.15) is 0 Å². The Hall–Kier alpha value is -3.73. The Kier molecular flexibility index (Phi) is 3.68. The summed E-state index contributed by atoms with van der Waals surface area (Å²) in [6.45, 7) is 1.83. The number of benzene rings is 4. The molecule has 0 fully saturated rings. The zero-order chi connectivity index (χ0) is 20.3. The van der Waals surface area contributed by atoms with Crippen molar-refractivity contribution in [2.75, 3.05) is 0 Å². The van der Waals surface area contributed by atoms with Gasteiger partial charge >= 0.3 is 5.97 Å². The Bertz CT molecular complexity index is 1360. The molecule has 29 heavy (non-hydrogen) atoms. The standard InChI is InChI=1S/C24H19NO4/c1-2-16(24(28)29)23-17-9-8-14-5-3-4-13-6-7-15(22(17)21(13)14)12-18(23)25-19(26)10-11-20(25)27/h3-12,16,26-27H,2H2,1H3,(H,28,29). The van der Waals surface area contributed by atoms with E-state index in [1.54, 1.807) is 0 Å². The number of rotatable bonds is 4. The largest absolute Gasteiger partial charge is 0.494 e. The molecule has 0 amide bonds. The summed E-state index contributed by atoms with van der Waals surface area (Å²) in [5.41, 5.74) is 1.07. The fourth-order valence-electron chi connectivity index (χ4n) is 4.53. The van der Waals surface area contributed by atoms with E-state index in [2.05, 4.69) is 0 Å². The highest BCUT2D eigenvalue weighted by atomic mass is 16.4. The van der Waals surface area contributed by atoms with Crippen molar-refractivity contribution in [3.63, 3.8) is 0 Å². The molecule has 0 radical (unpaired) electrons. The third-order valence-electron chi connectivity index (χ3n) is 5.80. The Morgan fingerprint density at radius 3 is 2.14 bits per heavy atom. The highest BCUT2D eigenvalue weighted by Gasteiger charge is 2.27. The molecule has 5 aromatic rings. The van der Waals surface area contributed by atoms with E-state index in [0.29, 0.717) is 17.7 Å². The van der Waals surface area contributed by atoms with Crippen molar-refractivity contribution >= 4 is 38.3 Å². The van der Waals surface area contributed by atoms with Gasteiger partial charge in [-0.05, 0) is 50.4 Å². The maximum absolute atomic E-state index is 12.1. The first-order chi connectivity index (χ1) is 14.0. The lowest BCUT2D eigenvalue weighted by Gasteiger charge is -2.22. The molecule has 0 aliphatic heterocycles. The van der Waals surface area contributed by atoms with Crippen LogP contribution >= 0.6 is 0 Å². The van der Waals surface area contributed by atoms with E-state index in [4.69, 9.17) is 0 Å². The molecule has 5 nitrogen and oxygen atoms in total. The summed E-state index contributed by atoms with van der Waals surface area (Å²) in [5, 5.41) is 36.7. The minimum absolute atomic E-state index is 0.142. The number of carboxylic acid groups (broad SMARTS) is 1. The Morgan fingerprint density at radius 1 is 0.897 bits per heavy atom. The summed E-state index contributed by atoms with van der Waals surface area (Å²) in [6, 6.07) is 18.7. The van der Waals surface area contributed by atoms with Crippen LogP contribution in [0.15, 0.2) is 60.7 Å². The zero-order valence-corrected chi connectivity index (χ0v) is 15.8. The number of aliphatic carboxylic acids is 1. The molecule has 5 rings (SSSR count). The van der Waals surface area contributed by atoms with Gasteiger partial charge in [0.1, 0.15) is 0 Å². The van der Waals surface area contributed by atoms with Crippen molar-refractivity contribution < 1.29 is 20.1 Å². The third kappa shape index (κ3) is 2.37. The zero-order valence-electron chi connectivity index (χ0n) is 15.8. The molecule has 0 aliphatic rings. The second-order valence-corrected chi connectivity index (χ2v) is 7.35. The van der Waals surface area contributed by atoms with Gasteiger partial charge < -0.3 is 15.3 Å². The van der Waals surface area contributed by atoms with Gasteiger partial charge in [0.2, 0.25) is 0 Å². The monoisotopic (exact) mass is 385 g/mol. The van der Waals surface area contributed by atoms with Gasteiger partial charge in [-0.1, -0.05) is 49.4 Å². The summed E-state index contributed by atoms with van der Waals surface area (Å²) < 4.78 is 1.30. The normalized spacial score (nSPS) is 12.9. The van der Waals surface area contributed by atoms with E-state index in [9.17, 15) is 20.1 Å². The molecule has 1 unspecified atom stereocenters. The maximum Gasteiger partial charge on any atom is 0.311 e. The average molecular weight is 385 g/mol. The van der Waals surface area contributed by atoms with E-state index in [1.165, 1.54) is 16.7 Å². The fourth-order valence-corrected chi connectivity index (χ4v) is 4.53. The van der Waals surface area contributed by atoms with Gasteiger partial charge in [0, 0.05) is 12.1 Å². The second-order valence-electron chi connectivity index (χ2n) is 7.35. The SMILES string of the molecule is CCC(C(=O)O)c1c(-n2c(O)ccc2O)cc2ccc3cccc4ccc1c2c34. The van der Waals surface area contributed by atoms with Crippen LogP contribution in [0.2, 0.25) is 0 Å². The van der Waals surface area contributed by atoms with E-state index >= 15 is 0 Å². The molecule has 144 valence electrons. The van der Waals surface area contributed by atoms with Crippen molar-refractivity contribution in [3.05, 3.63) is 66.2 Å². The minimum Gasteiger partial charge on any atom is -0.494 e. The number of hydrogen-bond acceptors (Lipinski definition) is 3. The van der Waals surface area contributed by atoms with Crippen molar-refractivity contribution in [2.24, 2.45) is 0 Å². The predicted molar refractivity (Wildman–Crippen MR) is 113 cm³/mol. The topological polar surface area (TPSA) is 82.7 Å². The van der Waals surface area contributed by atoms with Gasteiger partial charge in [0.25, 0.3) is 0 Å². The molecule has 3 N–H and O–H groups in total. The van der Waals surface area contributed by atoms with Crippen LogP contribution in [-0.2, 0) is 4.79 Å². The molecule has 1 heterocycles. The lowest BCUT2D eigenvalue weighted by Crippen LogP contribution is -2.14. The first kappa shape index (κ1) is 17.4. The first-order valence-electron chi connectivity index (χ1n) is 9.54. The lowest BCUT2D eigenvalue weighted by molar-refractivity contribution is -0.138. The molecular formula is C24H19NO4. The highest BCUT2D eigenvalue weighted by molar-refractivity contribution is 6.24. The van der Waals surface area contributed by atoms with Crippen LogP contribution in [0.3, 0.4) is 0 Å². The maximum atomic E-state index is 12.1. The fraction of sp³-hybridized carbons (Fsp3) is 0.125. The van der Waals surface area contributed by atoms with Crippen molar-refractivity contribution in [3.8, 4) is 17.4 Å². The van der Waals surface area contributed by atoms with Gasteiger partial charge in [-0.15, -0.1) is 0 Å². The van der Waals surface area contributed by atoms with Crippen molar-refractivity contribution in [2.45, 2.75) is 19.3 Å². The summed E-state index contributed by atoms with van der Waals surface area (Å²) in [4.78, 5) is 12.1. The van der Waals surface area contributed by atoms with Crippen LogP contribution in [0.4, 0.5) is 0 Å². The molecule has 0 aliphatic carbocycles. The summed E-state index contributed by atoms with van der Waals surface area (Å²) in [5.74, 6) is -2.00. The van der Waals surface area contributed by atoms with Crippen LogP contribution < -0.4 is 0 Å². The van der Waals surface area contributed by atoms with Crippen molar-refractivity contribution in [1.82, 2.24) is 4.57 Å². The number of carbonyl (C=O) groups is 1. The molecule has 0 bridgehead atoms. The van der Waals surface area contributed by atoms with E-state index in [1.807, 2.05) is 55.5 Å². The smallest absolute Gasteiger partial charge is 0.311 e. The van der Waals surface area contributed by atoms with E-state index in [0.717, 1.165) is 32.3 Å². The number of carboxylic acids is 1. The first-order valence-corrected chi connectivity index (χ1v) is 9.54. The quantitative estimate of drug-likeness (QED) is 0.364. The van der Waals surface area contributed by atoms with Crippen LogP contribution in [0, 0.1) is 0 Å². The lowest BCUT2D eigenvalue weighted by atomic mass is 9.85. The van der Waals surface area contributed by atoms with Gasteiger partial charge in [0.15, 0.2) is 11.8 Å². The summed E-state index contributed by atoms with van der Waals surface area (Å²) >= 11 is 0. The average Bonchev–Trinajstić information content (AvgIpc) is 3.05. The molecular weight excluding hydrogens is 366 g/mol. The molecule has 4 aromatic carbocycles. The Balaban J connectivity index is 2.03. The van der Waals surface area contributed by atoms with Gasteiger partial charge in [-0.25, -0.2) is 0 Å². The molecule has 5 heteroatoms. The van der Waals surface area contributed by atoms with Crippen LogP contribution in [0.25, 0.3) is 38.0 Å². The van der Waals surface area contributed by atoms with Gasteiger partial charge in [0.05, 0.1) is 11.6 Å². The highest BCUT2D eigenvalue weighted by Crippen LogP contribution is 2.43. The predicted octanol–water partition coefficient (Wildman–Crippen LogP) is 5.36. The van der Waals surface area contributed by atoms with Crippen LogP contribution in [0.5, 0.6) is 11.8 Å². The Labute approximate surface area is 166 Å². The van der Waals surface area contributed by atoms with Crippen LogP contribution in [0.1, 0.15) is 24.8 Å². The third-order valence-corrected chi connectivity index (χ3v) is 5.80. The second kappa shape index (κ2) is 6.14. The summed E-state index contributed by atoms with van der Waals surface area (Å²) in [7, 11) is 0. The van der Waals surface area contributed by atoms with Gasteiger partial charge in [-0.3, -0.25) is 9.36 Å². The van der Waals surface area contributed by atoms with Crippen molar-refractivity contribution in [1.29, 1.82) is 0 Å². The molecule has 1 aromatic heterocycles. The van der Waals surface area contributed by atoms with E-state index < -0.39 is 11.9 Å². The number of aromatic hydroxyl groups is 2. The van der Waals surface area contributed by atoms with E-state index in [-0.39, 0.29) is 11.8 Å². The number of nitrogens with zero attached hydrogens (tertiary/aromatic N) is 1. The number of hydrogen-bond donors (Lipinski definition) is 3. The molecule has 0 saturated heterocycles. The summed E-state index contributed by atoms with van der Waals surface area (Å²) in [6.07, 6.45) is 0.384. The number of aromatic nitrogens is 1. The molecule has 0 spiro atoms.